The van der Waals surface area contributed by atoms with Crippen molar-refractivity contribution in [1.82, 2.24) is 15.2 Å². The summed E-state index contributed by atoms with van der Waals surface area (Å²) in [5.41, 5.74) is 5.07. The molecule has 0 spiro atoms. The normalized spacial score (nSPS) is 19.8. The van der Waals surface area contributed by atoms with E-state index in [9.17, 15) is 4.79 Å². The Labute approximate surface area is 228 Å². The van der Waals surface area contributed by atoms with Gasteiger partial charge in [-0.05, 0) is 42.5 Å². The fraction of sp³-hybridized carbons (Fsp3) is 0.129. The third-order valence-corrected chi connectivity index (χ3v) is 8.74. The minimum atomic E-state index is -0.251. The number of aromatic nitrogens is 3. The number of H-pyrrole nitrogens is 1. The van der Waals surface area contributed by atoms with Crippen LogP contribution in [0.25, 0.3) is 38.4 Å². The summed E-state index contributed by atoms with van der Waals surface area (Å²) in [6, 6.07) is 16.9. The number of amides is 1. The Morgan fingerprint density at radius 1 is 1.15 bits per heavy atom. The maximum Gasteiger partial charge on any atom is 0.255 e. The van der Waals surface area contributed by atoms with Gasteiger partial charge in [0.1, 0.15) is 11.3 Å². The Morgan fingerprint density at radius 3 is 2.90 bits per heavy atom. The number of rotatable bonds is 5. The molecule has 0 fully saturated rings. The summed E-state index contributed by atoms with van der Waals surface area (Å²) in [7, 11) is 1.58. The van der Waals surface area contributed by atoms with Crippen LogP contribution in [0.1, 0.15) is 22.8 Å². The maximum atomic E-state index is 13.6. The highest BCUT2D eigenvalue weighted by Crippen LogP contribution is 2.52. The van der Waals surface area contributed by atoms with Crippen LogP contribution >= 0.6 is 11.8 Å². The second-order valence-corrected chi connectivity index (χ2v) is 11.1. The fourth-order valence-electron chi connectivity index (χ4n) is 5.13. The van der Waals surface area contributed by atoms with Gasteiger partial charge < -0.3 is 14.5 Å². The number of ether oxygens (including phenoxy) is 1. The zero-order valence-electron chi connectivity index (χ0n) is 21.3. The number of nitrogens with one attached hydrogen (secondary N) is 2. The molecule has 7 rings (SSSR count). The lowest BCUT2D eigenvalue weighted by atomic mass is 9.83. The van der Waals surface area contributed by atoms with Crippen molar-refractivity contribution in [1.29, 1.82) is 0 Å². The molecule has 1 unspecified atom stereocenters. The molecule has 1 aliphatic carbocycles. The first-order valence-corrected chi connectivity index (χ1v) is 13.5. The molecule has 2 atom stereocenters. The molecule has 0 radical (unpaired) electrons. The van der Waals surface area contributed by atoms with Crippen molar-refractivity contribution < 1.29 is 13.9 Å². The molecule has 8 heteroatoms. The molecule has 192 valence electrons. The number of carbonyl (C=O) groups excluding carboxylic acids is 1. The van der Waals surface area contributed by atoms with E-state index in [0.717, 1.165) is 32.5 Å². The number of fused-ring (bicyclic) bond motifs is 3. The lowest BCUT2D eigenvalue weighted by Gasteiger charge is -2.25. The molecule has 2 aliphatic rings. The lowest BCUT2D eigenvalue weighted by molar-refractivity contribution is 0.102. The van der Waals surface area contributed by atoms with E-state index in [1.165, 1.54) is 0 Å². The summed E-state index contributed by atoms with van der Waals surface area (Å²) in [6.07, 6.45) is 12.7. The van der Waals surface area contributed by atoms with Gasteiger partial charge in [0, 0.05) is 37.6 Å². The summed E-state index contributed by atoms with van der Waals surface area (Å²) in [5, 5.41) is 11.6. The highest BCUT2D eigenvalue weighted by Gasteiger charge is 2.37. The van der Waals surface area contributed by atoms with Crippen LogP contribution in [0.3, 0.4) is 0 Å². The van der Waals surface area contributed by atoms with E-state index in [-0.39, 0.29) is 11.3 Å². The third-order valence-electron chi connectivity index (χ3n) is 7.23. The van der Waals surface area contributed by atoms with E-state index in [4.69, 9.17) is 9.15 Å². The van der Waals surface area contributed by atoms with Crippen molar-refractivity contribution in [2.24, 2.45) is 5.41 Å². The number of allylic oxidation sites excluding steroid dienone is 4. The number of hydrogen-bond donors (Lipinski definition) is 2. The van der Waals surface area contributed by atoms with Crippen LogP contribution in [0.2, 0.25) is 0 Å². The standard InChI is InChI=1S/C31H24N4O3S/c1-31-12-6-5-9-27(31)39-26(16-31)21-14-19(13-20-17-32-35-28(20)21)29(36)33-23-15-18(10-11-24(23)37-2)30-34-22-7-3-4-8-25(22)38-30/h3-17,27H,1-2H3,(H,32,35)(H,33,36)/t27?,31-/m0/s1. The molecular weight excluding hydrogens is 508 g/mol. The van der Waals surface area contributed by atoms with Crippen LogP contribution in [-0.2, 0) is 0 Å². The minimum Gasteiger partial charge on any atom is -0.495 e. The van der Waals surface area contributed by atoms with Crippen molar-refractivity contribution in [2.45, 2.75) is 12.2 Å². The number of thioether (sulfide) groups is 1. The number of benzene rings is 3. The largest absolute Gasteiger partial charge is 0.495 e. The van der Waals surface area contributed by atoms with E-state index in [2.05, 4.69) is 57.8 Å². The minimum absolute atomic E-state index is 0.0716. The Bertz CT molecular complexity index is 1830. The summed E-state index contributed by atoms with van der Waals surface area (Å²) in [4.78, 5) is 19.3. The van der Waals surface area contributed by atoms with Crippen LogP contribution in [0.5, 0.6) is 5.75 Å². The number of carbonyl (C=O) groups is 1. The number of oxazole rings is 1. The first-order valence-electron chi connectivity index (χ1n) is 12.6. The van der Waals surface area contributed by atoms with Gasteiger partial charge in [-0.15, -0.1) is 11.8 Å². The van der Waals surface area contributed by atoms with Crippen LogP contribution in [0.4, 0.5) is 5.69 Å². The van der Waals surface area contributed by atoms with Crippen molar-refractivity contribution in [3.8, 4) is 17.2 Å². The van der Waals surface area contributed by atoms with Gasteiger partial charge in [0.15, 0.2) is 5.58 Å². The maximum absolute atomic E-state index is 13.6. The molecule has 7 nitrogen and oxygen atoms in total. The van der Waals surface area contributed by atoms with Gasteiger partial charge in [-0.3, -0.25) is 9.89 Å². The van der Waals surface area contributed by atoms with Crippen LogP contribution < -0.4 is 10.1 Å². The highest BCUT2D eigenvalue weighted by molar-refractivity contribution is 8.09. The number of hydrogen-bond acceptors (Lipinski definition) is 6. The predicted octanol–water partition coefficient (Wildman–Crippen LogP) is 7.22. The third kappa shape index (κ3) is 4.04. The van der Waals surface area contributed by atoms with Crippen molar-refractivity contribution in [2.75, 3.05) is 12.4 Å². The summed E-state index contributed by atoms with van der Waals surface area (Å²) in [5.74, 6) is 0.761. The average molecular weight is 533 g/mol. The van der Waals surface area contributed by atoms with Crippen LogP contribution in [-0.4, -0.2) is 33.4 Å². The quantitative estimate of drug-likeness (QED) is 0.248. The van der Waals surface area contributed by atoms with E-state index in [0.29, 0.717) is 33.7 Å². The van der Waals surface area contributed by atoms with Crippen molar-refractivity contribution in [3.63, 3.8) is 0 Å². The first-order chi connectivity index (χ1) is 19.0. The van der Waals surface area contributed by atoms with Gasteiger partial charge in [0.25, 0.3) is 5.91 Å². The molecule has 1 amide bonds. The highest BCUT2D eigenvalue weighted by atomic mass is 32.2. The molecular formula is C31H24N4O3S. The van der Waals surface area contributed by atoms with E-state index in [1.54, 1.807) is 31.1 Å². The van der Waals surface area contributed by atoms with Gasteiger partial charge in [0.2, 0.25) is 5.89 Å². The van der Waals surface area contributed by atoms with E-state index in [1.807, 2.05) is 48.5 Å². The monoisotopic (exact) mass is 532 g/mol. The Morgan fingerprint density at radius 2 is 2.05 bits per heavy atom. The zero-order chi connectivity index (χ0) is 26.6. The summed E-state index contributed by atoms with van der Waals surface area (Å²) in [6.45, 7) is 2.23. The predicted molar refractivity (Wildman–Crippen MR) is 156 cm³/mol. The van der Waals surface area contributed by atoms with Gasteiger partial charge in [-0.25, -0.2) is 4.98 Å². The molecule has 2 aromatic heterocycles. The molecule has 5 aromatic rings. The number of nitrogens with zero attached hydrogens (tertiary/aromatic N) is 2. The van der Waals surface area contributed by atoms with Crippen molar-refractivity contribution >= 4 is 50.3 Å². The molecule has 3 aromatic carbocycles. The van der Waals surface area contributed by atoms with Gasteiger partial charge >= 0.3 is 0 Å². The Kier molecular flexibility index (Phi) is 5.45. The average Bonchev–Trinajstić information content (AvgIpc) is 3.68. The molecule has 0 saturated carbocycles. The Hall–Kier alpha value is -4.56. The first kappa shape index (κ1) is 23.5. The number of aromatic amines is 1. The smallest absolute Gasteiger partial charge is 0.255 e. The van der Waals surface area contributed by atoms with Crippen LogP contribution in [0, 0.1) is 5.41 Å². The fourth-order valence-corrected chi connectivity index (χ4v) is 6.59. The second kappa shape index (κ2) is 9.03. The number of methoxy groups -OCH3 is 1. The molecule has 3 heterocycles. The van der Waals surface area contributed by atoms with Gasteiger partial charge in [0.05, 0.1) is 24.5 Å². The second-order valence-electron chi connectivity index (χ2n) is 9.87. The molecule has 0 bridgehead atoms. The Balaban J connectivity index is 1.24. The van der Waals surface area contributed by atoms with Gasteiger partial charge in [-0.1, -0.05) is 49.4 Å². The number of para-hydroxylation sites is 2. The van der Waals surface area contributed by atoms with E-state index >= 15 is 0 Å². The van der Waals surface area contributed by atoms with Crippen molar-refractivity contribution in [3.05, 3.63) is 102 Å². The zero-order valence-corrected chi connectivity index (χ0v) is 22.1. The molecule has 0 saturated heterocycles. The summed E-state index contributed by atoms with van der Waals surface area (Å²) >= 11 is 1.80. The molecule has 2 N–H and O–H groups in total. The van der Waals surface area contributed by atoms with Crippen LogP contribution in [0.15, 0.2) is 95.6 Å². The van der Waals surface area contributed by atoms with Gasteiger partial charge in [-0.2, -0.15) is 5.10 Å². The molecule has 1 aliphatic heterocycles. The topological polar surface area (TPSA) is 93.0 Å². The number of anilines is 1. The summed E-state index contributed by atoms with van der Waals surface area (Å²) < 4.78 is 11.5. The SMILES string of the molecule is COc1ccc(-c2nc3ccccc3o2)cc1NC(=O)c1cc(C2=C[C@]3(C)C=CC=CC3S2)c2[nH]ncc2c1. The molecule has 39 heavy (non-hydrogen) atoms. The lowest BCUT2D eigenvalue weighted by Crippen LogP contribution is -2.21. The van der Waals surface area contributed by atoms with E-state index < -0.39 is 0 Å².